The van der Waals surface area contributed by atoms with Crippen LogP contribution >= 0.6 is 0 Å². The first-order valence-corrected chi connectivity index (χ1v) is 38.1. The van der Waals surface area contributed by atoms with Crippen molar-refractivity contribution in [3.8, 4) is 22.3 Å². The summed E-state index contributed by atoms with van der Waals surface area (Å²) in [6, 6.07) is 126. The van der Waals surface area contributed by atoms with Gasteiger partial charge in [0, 0.05) is 85.3 Å². The molecule has 15 aromatic carbocycles. The molecule has 0 aliphatic carbocycles. The highest BCUT2D eigenvalue weighted by atomic mass is 15.2. The summed E-state index contributed by atoms with van der Waals surface area (Å²) >= 11 is 0. The molecule has 15 rings (SSSR count). The Morgan fingerprint density at radius 1 is 0.180 bits per heavy atom. The van der Waals surface area contributed by atoms with Gasteiger partial charge in [0.25, 0.3) is 0 Å². The maximum absolute atomic E-state index is 3.99. The molecular formula is C106H97N5. The van der Waals surface area contributed by atoms with Crippen molar-refractivity contribution in [1.29, 1.82) is 0 Å². The van der Waals surface area contributed by atoms with Gasteiger partial charge < -0.3 is 24.5 Å². The van der Waals surface area contributed by atoms with Crippen LogP contribution in [0.1, 0.15) is 72.3 Å². The fourth-order valence-corrected chi connectivity index (χ4v) is 14.5. The first-order valence-electron chi connectivity index (χ1n) is 38.1. The number of hydrogen-bond acceptors (Lipinski definition) is 5. The van der Waals surface area contributed by atoms with Gasteiger partial charge in [-0.25, -0.2) is 0 Å². The highest BCUT2D eigenvalue weighted by Crippen LogP contribution is 2.44. The van der Waals surface area contributed by atoms with E-state index in [2.05, 4.69) is 453 Å². The zero-order valence-electron chi connectivity index (χ0n) is 65.6. The number of hydrogen-bond donors (Lipinski definition) is 0. The first kappa shape index (κ1) is 75.7. The number of benzene rings is 15. The van der Waals surface area contributed by atoms with Crippen molar-refractivity contribution in [3.05, 3.63) is 444 Å². The van der Waals surface area contributed by atoms with E-state index in [-0.39, 0.29) is 0 Å². The molecular weight excluding hydrogens is 1340 g/mol. The van der Waals surface area contributed by atoms with E-state index >= 15 is 0 Å². The van der Waals surface area contributed by atoms with Crippen molar-refractivity contribution in [2.45, 2.75) is 69.2 Å². The number of anilines is 15. The second kappa shape index (κ2) is 35.0. The van der Waals surface area contributed by atoms with Crippen molar-refractivity contribution in [3.63, 3.8) is 0 Å². The van der Waals surface area contributed by atoms with Gasteiger partial charge in [-0.15, -0.1) is 0 Å². The SMILES string of the molecule is C=Cc1ccc(N(c2ccc(-c3ccc(N(c4cccc(C)c4)c4cccc(C)c4)cc3)cc2)c2cccc(C)c2)cc1C.C=Cc1ccc(N(c2cccc(C)c2)c2ccc(-c3ccc(N(c4cccc(C)c4)c4cccc(C)c4)c(C)c3)cc2C)cc1C.C=Cc1ccc(N(c2ccccc2)c2ccccc2)cc1. The van der Waals surface area contributed by atoms with Gasteiger partial charge >= 0.3 is 0 Å². The molecule has 0 bridgehead atoms. The second-order valence-electron chi connectivity index (χ2n) is 28.8. The molecule has 111 heavy (non-hydrogen) atoms. The minimum atomic E-state index is 1.12. The third-order valence-electron chi connectivity index (χ3n) is 20.2. The van der Waals surface area contributed by atoms with Crippen molar-refractivity contribution in [2.24, 2.45) is 0 Å². The zero-order valence-corrected chi connectivity index (χ0v) is 65.6. The van der Waals surface area contributed by atoms with E-state index in [1.165, 1.54) is 89.3 Å². The molecule has 0 spiro atoms. The Morgan fingerprint density at radius 3 is 0.703 bits per heavy atom. The summed E-state index contributed by atoms with van der Waals surface area (Å²) < 4.78 is 0. The highest BCUT2D eigenvalue weighted by molar-refractivity contribution is 5.87. The average molecular weight is 1440 g/mol. The molecule has 0 unspecified atom stereocenters. The van der Waals surface area contributed by atoms with Crippen LogP contribution in [-0.2, 0) is 0 Å². The van der Waals surface area contributed by atoms with E-state index in [1.807, 2.05) is 30.4 Å². The van der Waals surface area contributed by atoms with E-state index in [1.54, 1.807) is 0 Å². The fourth-order valence-electron chi connectivity index (χ4n) is 14.5. The summed E-state index contributed by atoms with van der Waals surface area (Å²) in [6.07, 6.45) is 5.70. The minimum absolute atomic E-state index is 1.12. The maximum Gasteiger partial charge on any atom is 0.0491 e. The number of nitrogens with zero attached hydrogens (tertiary/aromatic N) is 5. The Bertz CT molecular complexity index is 5610. The summed E-state index contributed by atoms with van der Waals surface area (Å²) in [5, 5.41) is 0. The van der Waals surface area contributed by atoms with Gasteiger partial charge in [-0.2, -0.15) is 0 Å². The number of rotatable bonds is 20. The largest absolute Gasteiger partial charge is 0.311 e. The van der Waals surface area contributed by atoms with Crippen LogP contribution in [0.2, 0.25) is 0 Å². The Morgan fingerprint density at radius 2 is 0.423 bits per heavy atom. The van der Waals surface area contributed by atoms with Crippen molar-refractivity contribution < 1.29 is 0 Å². The summed E-state index contributed by atoms with van der Waals surface area (Å²) in [7, 11) is 0. The normalized spacial score (nSPS) is 10.7. The van der Waals surface area contributed by atoms with Gasteiger partial charge in [0.05, 0.1) is 0 Å². The molecule has 0 saturated carbocycles. The first-order chi connectivity index (χ1) is 54.0. The molecule has 0 aliphatic heterocycles. The zero-order chi connectivity index (χ0) is 77.5. The van der Waals surface area contributed by atoms with E-state index < -0.39 is 0 Å². The van der Waals surface area contributed by atoms with Crippen LogP contribution in [0.3, 0.4) is 0 Å². The molecule has 5 nitrogen and oxygen atoms in total. The van der Waals surface area contributed by atoms with Crippen LogP contribution in [0.5, 0.6) is 0 Å². The van der Waals surface area contributed by atoms with Gasteiger partial charge in [-0.05, 0) is 346 Å². The smallest absolute Gasteiger partial charge is 0.0491 e. The standard InChI is InChI=1S/C44H42N2.C42H38N2.C20H17N/c1-8-36-18-21-42(29-33(36)5)46(41-17-11-14-32(4)26-41)44-23-20-38(28-35(44)7)37-19-22-43(34(6)27-37)45(39-15-9-12-30(2)24-39)40-16-10-13-31(3)25-40;1-6-34-16-25-42(29-33(34)5)44(41-15-9-12-32(4)28-41)38-23-19-36(20-24-38)35-17-21-37(22-18-35)43(39-13-7-10-30(2)26-39)40-14-8-11-31(3)27-40;1-2-17-13-15-20(16-14-17)21(18-9-5-3-6-10-18)19-11-7-4-8-12-19/h8-29H,1H2,2-7H3;6-29H,1H2,2-5H3;2-16H,1H2. The molecule has 0 fully saturated rings. The predicted octanol–water partition coefficient (Wildman–Crippen LogP) is 30.8. The lowest BCUT2D eigenvalue weighted by molar-refractivity contribution is 1.23. The van der Waals surface area contributed by atoms with Crippen LogP contribution in [0.4, 0.5) is 85.3 Å². The van der Waals surface area contributed by atoms with Crippen molar-refractivity contribution >= 4 is 104 Å². The lowest BCUT2D eigenvalue weighted by atomic mass is 9.98. The Hall–Kier alpha value is -13.5. The molecule has 0 aliphatic rings. The molecule has 0 heterocycles. The predicted molar refractivity (Wildman–Crippen MR) is 481 cm³/mol. The Kier molecular flexibility index (Phi) is 23.9. The number of aryl methyl sites for hydroxylation is 10. The topological polar surface area (TPSA) is 16.2 Å². The molecule has 0 radical (unpaired) electrons. The van der Waals surface area contributed by atoms with Crippen molar-refractivity contribution in [1.82, 2.24) is 0 Å². The fraction of sp³-hybridized carbons (Fsp3) is 0.0943. The van der Waals surface area contributed by atoms with Crippen LogP contribution in [0.25, 0.3) is 40.5 Å². The molecule has 0 saturated heterocycles. The average Bonchev–Trinajstić information content (AvgIpc) is 0.717. The minimum Gasteiger partial charge on any atom is -0.311 e. The summed E-state index contributed by atoms with van der Waals surface area (Å²) in [6.45, 7) is 33.4. The quantitative estimate of drug-likeness (QED) is 0.0754. The van der Waals surface area contributed by atoms with Crippen molar-refractivity contribution in [2.75, 3.05) is 24.5 Å². The molecule has 546 valence electrons. The Balaban J connectivity index is 0.000000156. The van der Waals surface area contributed by atoms with Gasteiger partial charge in [-0.3, -0.25) is 0 Å². The molecule has 15 aromatic rings. The molecule has 0 amide bonds. The molecule has 0 atom stereocenters. The summed E-state index contributed by atoms with van der Waals surface area (Å²) in [5.41, 5.74) is 37.7. The highest BCUT2D eigenvalue weighted by Gasteiger charge is 2.22. The van der Waals surface area contributed by atoms with E-state index in [4.69, 9.17) is 0 Å². The third-order valence-corrected chi connectivity index (χ3v) is 20.2. The summed E-state index contributed by atoms with van der Waals surface area (Å²) in [4.78, 5) is 11.6. The van der Waals surface area contributed by atoms with E-state index in [9.17, 15) is 0 Å². The lowest BCUT2D eigenvalue weighted by Gasteiger charge is -2.29. The summed E-state index contributed by atoms with van der Waals surface area (Å²) in [5.74, 6) is 0. The van der Waals surface area contributed by atoms with Crippen LogP contribution in [0, 0.1) is 69.2 Å². The lowest BCUT2D eigenvalue weighted by Crippen LogP contribution is -2.12. The Labute approximate surface area is 659 Å². The van der Waals surface area contributed by atoms with Gasteiger partial charge in [-0.1, -0.05) is 208 Å². The van der Waals surface area contributed by atoms with Crippen LogP contribution < -0.4 is 24.5 Å². The molecule has 0 N–H and O–H groups in total. The molecule has 0 aromatic heterocycles. The van der Waals surface area contributed by atoms with Gasteiger partial charge in [0.2, 0.25) is 0 Å². The van der Waals surface area contributed by atoms with Crippen LogP contribution in [0.15, 0.2) is 372 Å². The van der Waals surface area contributed by atoms with Gasteiger partial charge in [0.15, 0.2) is 0 Å². The van der Waals surface area contributed by atoms with Crippen LogP contribution in [-0.4, -0.2) is 0 Å². The molecule has 5 heteroatoms. The monoisotopic (exact) mass is 1440 g/mol. The second-order valence-corrected chi connectivity index (χ2v) is 28.8. The van der Waals surface area contributed by atoms with E-state index in [0.717, 1.165) is 90.6 Å². The maximum atomic E-state index is 3.99. The van der Waals surface area contributed by atoms with E-state index in [0.29, 0.717) is 0 Å². The van der Waals surface area contributed by atoms with Gasteiger partial charge in [0.1, 0.15) is 0 Å². The number of para-hydroxylation sites is 2. The third kappa shape index (κ3) is 18.1.